The van der Waals surface area contributed by atoms with Gasteiger partial charge in [-0.3, -0.25) is 4.79 Å². The molecule has 2 aromatic rings. The lowest BCUT2D eigenvalue weighted by Crippen LogP contribution is -2.49. The van der Waals surface area contributed by atoms with Crippen LogP contribution in [0.2, 0.25) is 0 Å². The summed E-state index contributed by atoms with van der Waals surface area (Å²) in [4.78, 5) is 21.6. The topological polar surface area (TPSA) is 61.6 Å². The van der Waals surface area contributed by atoms with E-state index in [-0.39, 0.29) is 11.7 Å². The molecular weight excluding hydrogens is 383 g/mol. The summed E-state index contributed by atoms with van der Waals surface area (Å²) >= 11 is 0. The van der Waals surface area contributed by atoms with Crippen molar-refractivity contribution < 1.29 is 9.21 Å². The zero-order chi connectivity index (χ0) is 20.0. The predicted molar refractivity (Wildman–Crippen MR) is 117 cm³/mol. The number of aryl methyl sites for hydroxylation is 1. The minimum atomic E-state index is 0.0423. The number of rotatable bonds is 3. The van der Waals surface area contributed by atoms with Crippen LogP contribution in [-0.4, -0.2) is 52.2 Å². The quantitative estimate of drug-likeness (QED) is 0.790. The molecule has 0 spiro atoms. The summed E-state index contributed by atoms with van der Waals surface area (Å²) in [5.74, 6) is 0.874. The highest BCUT2D eigenvalue weighted by atomic mass is 31.1. The van der Waals surface area contributed by atoms with Crippen LogP contribution < -0.4 is 5.32 Å². The van der Waals surface area contributed by atoms with Crippen LogP contribution >= 0.6 is 8.58 Å². The molecule has 6 nitrogen and oxygen atoms in total. The average Bonchev–Trinajstić information content (AvgIpc) is 3.16. The van der Waals surface area contributed by atoms with E-state index in [0.717, 1.165) is 59.6 Å². The molecule has 0 aliphatic carbocycles. The molecule has 1 amide bonds. The SMILES string of the molecule is CCc1nc2ccc(C3=CC(=O)N4C=C(N5CCN[C@@H](C)C5)C=CC4P3)cc2o1. The van der Waals surface area contributed by atoms with E-state index in [1.165, 1.54) is 0 Å². The van der Waals surface area contributed by atoms with E-state index < -0.39 is 0 Å². The fraction of sp³-hybridized carbons (Fsp3) is 0.364. The summed E-state index contributed by atoms with van der Waals surface area (Å²) in [7, 11) is 0.500. The third-order valence-corrected chi connectivity index (χ3v) is 7.14. The molecule has 2 unspecified atom stereocenters. The van der Waals surface area contributed by atoms with Gasteiger partial charge >= 0.3 is 0 Å². The number of hydrogen-bond acceptors (Lipinski definition) is 5. The Bertz CT molecular complexity index is 1050. The molecule has 1 fully saturated rings. The van der Waals surface area contributed by atoms with Crippen molar-refractivity contribution in [3.63, 3.8) is 0 Å². The van der Waals surface area contributed by atoms with Gasteiger partial charge in [-0.2, -0.15) is 0 Å². The Hall–Kier alpha value is -2.43. The Labute approximate surface area is 172 Å². The molecule has 0 bridgehead atoms. The molecule has 1 aromatic carbocycles. The highest BCUT2D eigenvalue weighted by Crippen LogP contribution is 2.45. The van der Waals surface area contributed by atoms with Gasteiger partial charge in [0.1, 0.15) is 5.52 Å². The Morgan fingerprint density at radius 2 is 2.28 bits per heavy atom. The van der Waals surface area contributed by atoms with Crippen molar-refractivity contribution in [2.45, 2.75) is 32.1 Å². The molecule has 5 rings (SSSR count). The molecule has 1 saturated heterocycles. The van der Waals surface area contributed by atoms with Gasteiger partial charge in [0, 0.05) is 44.4 Å². The molecule has 3 aliphatic heterocycles. The number of amides is 1. The highest BCUT2D eigenvalue weighted by Gasteiger charge is 2.30. The molecule has 3 atom stereocenters. The number of nitrogens with zero attached hydrogens (tertiary/aromatic N) is 3. The number of carbonyl (C=O) groups excluding carboxylic acids is 1. The standard InChI is InChI=1S/C22H25N4O2P/c1-3-20-24-17-6-4-15(10-18(17)28-20)19-11-21(27)26-13-16(5-7-22(26)29-19)25-9-8-23-14(2)12-25/h4-7,10-11,13-14,22-23,29H,3,8-9,12H2,1-2H3/t14-,22?/m0/s1. The van der Waals surface area contributed by atoms with E-state index in [1.54, 1.807) is 6.08 Å². The molecule has 3 aliphatic rings. The molecule has 0 radical (unpaired) electrons. The molecule has 0 saturated carbocycles. The zero-order valence-corrected chi connectivity index (χ0v) is 17.7. The highest BCUT2D eigenvalue weighted by molar-refractivity contribution is 7.51. The first-order chi connectivity index (χ1) is 14.1. The number of allylic oxidation sites excluding steroid dienone is 1. The first-order valence-electron chi connectivity index (χ1n) is 10.2. The summed E-state index contributed by atoms with van der Waals surface area (Å²) in [5, 5.41) is 4.54. The van der Waals surface area contributed by atoms with Gasteiger partial charge in [0.05, 0.1) is 11.5 Å². The predicted octanol–water partition coefficient (Wildman–Crippen LogP) is 3.28. The van der Waals surface area contributed by atoms with Crippen LogP contribution in [0.25, 0.3) is 16.4 Å². The van der Waals surface area contributed by atoms with Gasteiger partial charge in [-0.15, -0.1) is 0 Å². The van der Waals surface area contributed by atoms with Crippen molar-refractivity contribution in [3.05, 3.63) is 59.8 Å². The zero-order valence-electron chi connectivity index (χ0n) is 16.7. The second-order valence-corrected chi connectivity index (χ2v) is 9.17. The first-order valence-corrected chi connectivity index (χ1v) is 11.3. The number of nitrogens with one attached hydrogen (secondary N) is 1. The molecule has 4 heterocycles. The van der Waals surface area contributed by atoms with Crippen molar-refractivity contribution in [2.75, 3.05) is 19.6 Å². The number of piperazine rings is 1. The number of hydrogen-bond donors (Lipinski definition) is 1. The van der Waals surface area contributed by atoms with Gasteiger partial charge in [0.25, 0.3) is 5.91 Å². The third kappa shape index (κ3) is 3.52. The largest absolute Gasteiger partial charge is 0.441 e. The van der Waals surface area contributed by atoms with Gasteiger partial charge in [-0.1, -0.05) is 27.6 Å². The van der Waals surface area contributed by atoms with Crippen LogP contribution in [0.4, 0.5) is 0 Å². The minimum absolute atomic E-state index is 0.0423. The number of aromatic nitrogens is 1. The monoisotopic (exact) mass is 408 g/mol. The third-order valence-electron chi connectivity index (χ3n) is 5.63. The molecule has 7 heteroatoms. The van der Waals surface area contributed by atoms with E-state index in [2.05, 4.69) is 34.3 Å². The Morgan fingerprint density at radius 1 is 1.38 bits per heavy atom. The van der Waals surface area contributed by atoms with Gasteiger partial charge in [-0.05, 0) is 36.0 Å². The van der Waals surface area contributed by atoms with Crippen molar-refractivity contribution in [1.29, 1.82) is 0 Å². The summed E-state index contributed by atoms with van der Waals surface area (Å²) in [6, 6.07) is 6.50. The molecule has 1 N–H and O–H groups in total. The van der Waals surface area contributed by atoms with Crippen LogP contribution in [0, 0.1) is 0 Å². The number of oxazole rings is 1. The lowest BCUT2D eigenvalue weighted by molar-refractivity contribution is -0.123. The maximum Gasteiger partial charge on any atom is 0.252 e. The molecule has 150 valence electrons. The Balaban J connectivity index is 1.40. The average molecular weight is 408 g/mol. The van der Waals surface area contributed by atoms with Crippen molar-refractivity contribution in [3.8, 4) is 0 Å². The fourth-order valence-electron chi connectivity index (χ4n) is 4.08. The smallest absolute Gasteiger partial charge is 0.252 e. The van der Waals surface area contributed by atoms with Crippen LogP contribution in [-0.2, 0) is 11.2 Å². The lowest BCUT2D eigenvalue weighted by Gasteiger charge is -2.39. The Morgan fingerprint density at radius 3 is 3.10 bits per heavy atom. The minimum Gasteiger partial charge on any atom is -0.441 e. The number of carbonyl (C=O) groups is 1. The molecule has 1 aromatic heterocycles. The maximum absolute atomic E-state index is 12.9. The summed E-state index contributed by atoms with van der Waals surface area (Å²) in [6.45, 7) is 7.12. The second kappa shape index (κ2) is 7.43. The summed E-state index contributed by atoms with van der Waals surface area (Å²) < 4.78 is 5.81. The van der Waals surface area contributed by atoms with E-state index in [9.17, 15) is 4.79 Å². The Kier molecular flexibility index (Phi) is 4.76. The summed E-state index contributed by atoms with van der Waals surface area (Å²) in [6.07, 6.45) is 8.93. The maximum atomic E-state index is 12.9. The number of benzene rings is 1. The normalized spacial score (nSPS) is 25.4. The molecular formula is C22H25N4O2P. The van der Waals surface area contributed by atoms with Crippen LogP contribution in [0.1, 0.15) is 25.3 Å². The van der Waals surface area contributed by atoms with Crippen LogP contribution in [0.3, 0.4) is 0 Å². The first kappa shape index (κ1) is 18.6. The van der Waals surface area contributed by atoms with E-state index >= 15 is 0 Å². The fourth-order valence-corrected chi connectivity index (χ4v) is 5.46. The van der Waals surface area contributed by atoms with Gasteiger partial charge in [-0.25, -0.2) is 4.98 Å². The van der Waals surface area contributed by atoms with E-state index in [4.69, 9.17) is 4.42 Å². The van der Waals surface area contributed by atoms with E-state index in [0.29, 0.717) is 14.6 Å². The van der Waals surface area contributed by atoms with Crippen LogP contribution in [0.15, 0.2) is 52.7 Å². The van der Waals surface area contributed by atoms with Crippen molar-refractivity contribution in [2.24, 2.45) is 0 Å². The van der Waals surface area contributed by atoms with E-state index in [1.807, 2.05) is 36.2 Å². The van der Waals surface area contributed by atoms with Crippen molar-refractivity contribution in [1.82, 2.24) is 20.1 Å². The van der Waals surface area contributed by atoms with Gasteiger partial charge in [0.15, 0.2) is 11.5 Å². The molecule has 29 heavy (non-hydrogen) atoms. The van der Waals surface area contributed by atoms with Gasteiger partial charge < -0.3 is 19.5 Å². The second-order valence-electron chi connectivity index (χ2n) is 7.75. The number of fused-ring (bicyclic) bond motifs is 2. The lowest BCUT2D eigenvalue weighted by atomic mass is 10.1. The summed E-state index contributed by atoms with van der Waals surface area (Å²) in [5.41, 5.74) is 3.82. The van der Waals surface area contributed by atoms with Crippen molar-refractivity contribution >= 4 is 30.9 Å². The van der Waals surface area contributed by atoms with Gasteiger partial charge in [0.2, 0.25) is 0 Å². The van der Waals surface area contributed by atoms with Crippen LogP contribution in [0.5, 0.6) is 0 Å².